The van der Waals surface area contributed by atoms with E-state index in [2.05, 4.69) is 32.9 Å². The zero-order valence-corrected chi connectivity index (χ0v) is 10.6. The maximum atomic E-state index is 5.63. The maximum absolute atomic E-state index is 5.63. The van der Waals surface area contributed by atoms with Crippen LogP contribution in [0.3, 0.4) is 0 Å². The van der Waals surface area contributed by atoms with Crippen LogP contribution in [0.25, 0.3) is 0 Å². The smallest absolute Gasteiger partial charge is 0.119 e. The van der Waals surface area contributed by atoms with E-state index in [1.165, 1.54) is 11.3 Å². The van der Waals surface area contributed by atoms with Gasteiger partial charge in [0.15, 0.2) is 0 Å². The summed E-state index contributed by atoms with van der Waals surface area (Å²) in [5.41, 5.74) is 1.28. The SMILES string of the molecule is Cc1ccc(OCCCSC(C)C)cc1. The van der Waals surface area contributed by atoms with Crippen molar-refractivity contribution in [1.82, 2.24) is 0 Å². The number of ether oxygens (including phenoxy) is 1. The number of aryl methyl sites for hydroxylation is 1. The van der Waals surface area contributed by atoms with Crippen LogP contribution in [0.1, 0.15) is 25.8 Å². The molecule has 1 aromatic rings. The molecule has 1 rings (SSSR count). The second-order valence-electron chi connectivity index (χ2n) is 3.93. The van der Waals surface area contributed by atoms with E-state index in [-0.39, 0.29) is 0 Å². The number of thioether (sulfide) groups is 1. The number of hydrogen-bond acceptors (Lipinski definition) is 2. The van der Waals surface area contributed by atoms with Crippen molar-refractivity contribution >= 4 is 11.8 Å². The van der Waals surface area contributed by atoms with Gasteiger partial charge >= 0.3 is 0 Å². The van der Waals surface area contributed by atoms with Crippen LogP contribution in [0, 0.1) is 6.92 Å². The van der Waals surface area contributed by atoms with E-state index in [0.29, 0.717) is 0 Å². The molecule has 2 heteroatoms. The predicted molar refractivity (Wildman–Crippen MR) is 68.9 cm³/mol. The molecule has 0 atom stereocenters. The fourth-order valence-electron chi connectivity index (χ4n) is 1.20. The molecule has 0 heterocycles. The van der Waals surface area contributed by atoms with E-state index in [9.17, 15) is 0 Å². The zero-order valence-electron chi connectivity index (χ0n) is 9.82. The summed E-state index contributed by atoms with van der Waals surface area (Å²) in [6.45, 7) is 7.36. The van der Waals surface area contributed by atoms with Crippen LogP contribution in [0.2, 0.25) is 0 Å². The first-order valence-electron chi connectivity index (χ1n) is 5.49. The van der Waals surface area contributed by atoms with Crippen molar-refractivity contribution < 1.29 is 4.74 Å². The van der Waals surface area contributed by atoms with Gasteiger partial charge in [-0.05, 0) is 36.5 Å². The largest absolute Gasteiger partial charge is 0.494 e. The second kappa shape index (κ2) is 6.78. The van der Waals surface area contributed by atoms with Crippen molar-refractivity contribution in [3.8, 4) is 5.75 Å². The van der Waals surface area contributed by atoms with E-state index < -0.39 is 0 Å². The topological polar surface area (TPSA) is 9.23 Å². The quantitative estimate of drug-likeness (QED) is 0.678. The van der Waals surface area contributed by atoms with Gasteiger partial charge in [0.2, 0.25) is 0 Å². The van der Waals surface area contributed by atoms with Crippen molar-refractivity contribution in [1.29, 1.82) is 0 Å². The summed E-state index contributed by atoms with van der Waals surface area (Å²) < 4.78 is 5.63. The number of hydrogen-bond donors (Lipinski definition) is 0. The normalized spacial score (nSPS) is 10.7. The van der Waals surface area contributed by atoms with Crippen molar-refractivity contribution in [3.05, 3.63) is 29.8 Å². The van der Waals surface area contributed by atoms with Crippen molar-refractivity contribution in [3.63, 3.8) is 0 Å². The van der Waals surface area contributed by atoms with Gasteiger partial charge in [-0.3, -0.25) is 0 Å². The first kappa shape index (κ1) is 12.4. The van der Waals surface area contributed by atoms with Crippen LogP contribution in [0.15, 0.2) is 24.3 Å². The highest BCUT2D eigenvalue weighted by molar-refractivity contribution is 7.99. The predicted octanol–water partition coefficient (Wildman–Crippen LogP) is 3.91. The molecule has 0 saturated heterocycles. The minimum absolute atomic E-state index is 0.726. The Bertz CT molecular complexity index is 266. The molecule has 0 aliphatic rings. The summed E-state index contributed by atoms with van der Waals surface area (Å²) in [5.74, 6) is 2.17. The van der Waals surface area contributed by atoms with E-state index >= 15 is 0 Å². The van der Waals surface area contributed by atoms with Crippen LogP contribution in [-0.4, -0.2) is 17.6 Å². The summed E-state index contributed by atoms with van der Waals surface area (Å²) in [5, 5.41) is 0.726. The first-order valence-corrected chi connectivity index (χ1v) is 6.54. The first-order chi connectivity index (χ1) is 7.18. The lowest BCUT2D eigenvalue weighted by Crippen LogP contribution is -2.00. The number of rotatable bonds is 6. The summed E-state index contributed by atoms with van der Waals surface area (Å²) in [6, 6.07) is 8.23. The molecule has 0 aliphatic heterocycles. The maximum Gasteiger partial charge on any atom is 0.119 e. The third-order valence-electron chi connectivity index (χ3n) is 2.03. The fraction of sp³-hybridized carbons (Fsp3) is 0.538. The molecule has 0 aliphatic carbocycles. The molecule has 0 aromatic heterocycles. The molecule has 1 nitrogen and oxygen atoms in total. The molecule has 0 amide bonds. The zero-order chi connectivity index (χ0) is 11.1. The van der Waals surface area contributed by atoms with Crippen molar-refractivity contribution in [2.75, 3.05) is 12.4 Å². The van der Waals surface area contributed by atoms with Gasteiger partial charge in [0, 0.05) is 0 Å². The molecular weight excluding hydrogens is 204 g/mol. The van der Waals surface area contributed by atoms with Gasteiger partial charge in [-0.15, -0.1) is 0 Å². The molecule has 0 radical (unpaired) electrons. The van der Waals surface area contributed by atoms with Gasteiger partial charge in [0.25, 0.3) is 0 Å². The highest BCUT2D eigenvalue weighted by atomic mass is 32.2. The summed E-state index contributed by atoms with van der Waals surface area (Å²) in [7, 11) is 0. The fourth-order valence-corrected chi connectivity index (χ4v) is 1.96. The van der Waals surface area contributed by atoms with E-state index in [1.54, 1.807) is 0 Å². The Hall–Kier alpha value is -0.630. The lowest BCUT2D eigenvalue weighted by molar-refractivity contribution is 0.318. The minimum atomic E-state index is 0.726. The highest BCUT2D eigenvalue weighted by Gasteiger charge is 1.95. The van der Waals surface area contributed by atoms with Crippen LogP contribution >= 0.6 is 11.8 Å². The van der Waals surface area contributed by atoms with Gasteiger partial charge in [0.1, 0.15) is 5.75 Å². The third-order valence-corrected chi connectivity index (χ3v) is 3.22. The Kier molecular flexibility index (Phi) is 5.62. The molecule has 1 aromatic carbocycles. The summed E-state index contributed by atoms with van der Waals surface area (Å²) >= 11 is 1.99. The Morgan fingerprint density at radius 2 is 1.87 bits per heavy atom. The van der Waals surface area contributed by atoms with E-state index in [1.807, 2.05) is 23.9 Å². The standard InChI is InChI=1S/C13H20OS/c1-11(2)15-10-4-9-14-13-7-5-12(3)6-8-13/h5-8,11H,4,9-10H2,1-3H3. The summed E-state index contributed by atoms with van der Waals surface area (Å²) in [6.07, 6.45) is 1.12. The molecule has 0 bridgehead atoms. The van der Waals surface area contributed by atoms with Crippen LogP contribution in [0.4, 0.5) is 0 Å². The van der Waals surface area contributed by atoms with E-state index in [0.717, 1.165) is 24.0 Å². The molecule has 0 unspecified atom stereocenters. The Balaban J connectivity index is 2.12. The van der Waals surface area contributed by atoms with Crippen molar-refractivity contribution in [2.45, 2.75) is 32.4 Å². The van der Waals surface area contributed by atoms with Crippen LogP contribution in [-0.2, 0) is 0 Å². The Labute approximate surface area is 97.2 Å². The van der Waals surface area contributed by atoms with Gasteiger partial charge in [-0.2, -0.15) is 11.8 Å². The molecular formula is C13H20OS. The lowest BCUT2D eigenvalue weighted by atomic mass is 10.2. The average Bonchev–Trinajstić information content (AvgIpc) is 2.20. The van der Waals surface area contributed by atoms with Crippen LogP contribution in [0.5, 0.6) is 5.75 Å². The molecule has 0 saturated carbocycles. The third kappa shape index (κ3) is 5.73. The minimum Gasteiger partial charge on any atom is -0.494 e. The molecule has 84 valence electrons. The summed E-state index contributed by atoms with van der Waals surface area (Å²) in [4.78, 5) is 0. The molecule has 0 spiro atoms. The average molecular weight is 224 g/mol. The van der Waals surface area contributed by atoms with Gasteiger partial charge in [-0.1, -0.05) is 31.5 Å². The van der Waals surface area contributed by atoms with Gasteiger partial charge < -0.3 is 4.74 Å². The van der Waals surface area contributed by atoms with E-state index in [4.69, 9.17) is 4.74 Å². The Morgan fingerprint density at radius 1 is 1.20 bits per heavy atom. The van der Waals surface area contributed by atoms with Crippen LogP contribution < -0.4 is 4.74 Å². The van der Waals surface area contributed by atoms with Crippen molar-refractivity contribution in [2.24, 2.45) is 0 Å². The molecule has 0 fully saturated rings. The Morgan fingerprint density at radius 3 is 2.47 bits per heavy atom. The van der Waals surface area contributed by atoms with Gasteiger partial charge in [0.05, 0.1) is 6.61 Å². The highest BCUT2D eigenvalue weighted by Crippen LogP contribution is 2.13. The number of benzene rings is 1. The monoisotopic (exact) mass is 224 g/mol. The molecule has 15 heavy (non-hydrogen) atoms. The molecule has 0 N–H and O–H groups in total. The lowest BCUT2D eigenvalue weighted by Gasteiger charge is -2.07. The second-order valence-corrected chi connectivity index (χ2v) is 5.62. The van der Waals surface area contributed by atoms with Gasteiger partial charge in [-0.25, -0.2) is 0 Å².